The highest BCUT2D eigenvalue weighted by Crippen LogP contribution is 2.37. The van der Waals surface area contributed by atoms with Gasteiger partial charge in [0.1, 0.15) is 23.5 Å². The van der Waals surface area contributed by atoms with Crippen LogP contribution in [-0.2, 0) is 11.0 Å². The van der Waals surface area contributed by atoms with Crippen molar-refractivity contribution in [2.45, 2.75) is 24.6 Å². The number of hydrogen-bond acceptors (Lipinski definition) is 6. The van der Waals surface area contributed by atoms with Crippen molar-refractivity contribution in [3.8, 4) is 16.9 Å². The van der Waals surface area contributed by atoms with Gasteiger partial charge in [0.15, 0.2) is 5.69 Å². The molecule has 2 saturated heterocycles. The van der Waals surface area contributed by atoms with Gasteiger partial charge in [0.2, 0.25) is 5.91 Å². The Morgan fingerprint density at radius 3 is 2.24 bits per heavy atom. The molecule has 0 radical (unpaired) electrons. The van der Waals surface area contributed by atoms with E-state index in [4.69, 9.17) is 0 Å². The first-order valence-electron chi connectivity index (χ1n) is 12.9. The second kappa shape index (κ2) is 10.2. The topological polar surface area (TPSA) is 96.2 Å². The number of rotatable bonds is 4. The van der Waals surface area contributed by atoms with Gasteiger partial charge in [-0.05, 0) is 55.3 Å². The third kappa shape index (κ3) is 4.72. The van der Waals surface area contributed by atoms with Crippen molar-refractivity contribution in [3.05, 3.63) is 90.1 Å². The van der Waals surface area contributed by atoms with Gasteiger partial charge < -0.3 is 15.1 Å². The SMILES string of the molecule is O=C(c1cc(-c2cncnc2)n(-c2ccc(C(F)(F)F)c(F)c2)n1)N1CCC2(CC1)C(=O)NCN2c1ccc(F)cc1. The molecule has 2 aliphatic heterocycles. The lowest BCUT2D eigenvalue weighted by Gasteiger charge is -2.43. The summed E-state index contributed by atoms with van der Waals surface area (Å²) in [4.78, 5) is 37.9. The lowest BCUT2D eigenvalue weighted by molar-refractivity contribution is -0.140. The van der Waals surface area contributed by atoms with Crippen LogP contribution in [0.25, 0.3) is 16.9 Å². The Bertz CT molecular complexity index is 1650. The molecule has 4 aromatic rings. The molecule has 42 heavy (non-hydrogen) atoms. The summed E-state index contributed by atoms with van der Waals surface area (Å²) in [6.07, 6.45) is -0.131. The molecule has 0 atom stereocenters. The van der Waals surface area contributed by atoms with Crippen LogP contribution in [0.2, 0.25) is 0 Å². The third-order valence-electron chi connectivity index (χ3n) is 7.64. The van der Waals surface area contributed by atoms with Crippen LogP contribution in [0.1, 0.15) is 28.9 Å². The van der Waals surface area contributed by atoms with Gasteiger partial charge in [-0.1, -0.05) is 0 Å². The number of halogens is 5. The number of likely N-dealkylation sites (tertiary alicyclic amines) is 1. The lowest BCUT2D eigenvalue weighted by atomic mass is 9.85. The fraction of sp³-hybridized carbons (Fsp3) is 0.250. The Balaban J connectivity index is 1.29. The number of piperidine rings is 1. The van der Waals surface area contributed by atoms with E-state index in [9.17, 15) is 31.5 Å². The van der Waals surface area contributed by atoms with Gasteiger partial charge in [-0.3, -0.25) is 9.59 Å². The highest BCUT2D eigenvalue weighted by Gasteiger charge is 2.51. The number of nitrogens with one attached hydrogen (secondary N) is 1. The molecule has 0 saturated carbocycles. The van der Waals surface area contributed by atoms with Crippen LogP contribution in [0, 0.1) is 11.6 Å². The summed E-state index contributed by atoms with van der Waals surface area (Å²) in [7, 11) is 0. The average Bonchev–Trinajstić information content (AvgIpc) is 3.56. The molecule has 2 aliphatic rings. The Hall–Kier alpha value is -4.88. The Kier molecular flexibility index (Phi) is 6.62. The summed E-state index contributed by atoms with van der Waals surface area (Å²) >= 11 is 0. The second-order valence-corrected chi connectivity index (χ2v) is 10.0. The summed E-state index contributed by atoms with van der Waals surface area (Å²) in [5.41, 5.74) is -1.06. The van der Waals surface area contributed by atoms with E-state index in [-0.39, 0.29) is 42.7 Å². The van der Waals surface area contributed by atoms with Crippen molar-refractivity contribution in [2.75, 3.05) is 24.7 Å². The van der Waals surface area contributed by atoms with Gasteiger partial charge in [0.05, 0.1) is 23.6 Å². The van der Waals surface area contributed by atoms with Crippen LogP contribution in [0.4, 0.5) is 27.6 Å². The van der Waals surface area contributed by atoms with Crippen LogP contribution >= 0.6 is 0 Å². The van der Waals surface area contributed by atoms with Gasteiger partial charge in [0.25, 0.3) is 5.91 Å². The van der Waals surface area contributed by atoms with Crippen LogP contribution < -0.4 is 10.2 Å². The van der Waals surface area contributed by atoms with Gasteiger partial charge in [-0.25, -0.2) is 23.4 Å². The molecule has 1 spiro atoms. The first kappa shape index (κ1) is 27.3. The van der Waals surface area contributed by atoms with E-state index >= 15 is 0 Å². The number of anilines is 1. The van der Waals surface area contributed by atoms with Crippen molar-refractivity contribution in [1.29, 1.82) is 0 Å². The van der Waals surface area contributed by atoms with Crippen molar-refractivity contribution in [3.63, 3.8) is 0 Å². The fourth-order valence-corrected chi connectivity index (χ4v) is 5.47. The standard InChI is InChI=1S/C28H22F5N7O2/c29-18-1-3-19(4-2-18)39-16-36-26(42)27(39)7-9-38(10-8-27)25(41)23-12-24(17-13-34-15-35-14-17)40(37-23)20-5-6-21(22(30)11-20)28(31,32)33/h1-6,11-15H,7-10,16H2,(H,36,42). The minimum Gasteiger partial charge on any atom is -0.339 e. The average molecular weight is 584 g/mol. The predicted octanol–water partition coefficient (Wildman–Crippen LogP) is 4.20. The van der Waals surface area contributed by atoms with Crippen LogP contribution in [-0.4, -0.2) is 61.8 Å². The molecule has 2 aromatic heterocycles. The number of amides is 2. The summed E-state index contributed by atoms with van der Waals surface area (Å²) in [5.74, 6) is -2.54. The maximum Gasteiger partial charge on any atom is 0.419 e. The first-order chi connectivity index (χ1) is 20.1. The monoisotopic (exact) mass is 583 g/mol. The molecular formula is C28H22F5N7O2. The molecular weight excluding hydrogens is 561 g/mol. The zero-order chi connectivity index (χ0) is 29.6. The molecule has 2 amide bonds. The van der Waals surface area contributed by atoms with Crippen molar-refractivity contribution in [2.24, 2.45) is 0 Å². The maximum absolute atomic E-state index is 14.5. The number of carbonyl (C=O) groups excluding carboxylic acids is 2. The number of benzene rings is 2. The summed E-state index contributed by atoms with van der Waals surface area (Å²) in [6, 6.07) is 9.65. The fourth-order valence-electron chi connectivity index (χ4n) is 5.47. The highest BCUT2D eigenvalue weighted by atomic mass is 19.4. The zero-order valence-corrected chi connectivity index (χ0v) is 21.8. The number of nitrogens with zero attached hydrogens (tertiary/aromatic N) is 6. The molecule has 14 heteroatoms. The molecule has 0 unspecified atom stereocenters. The molecule has 6 rings (SSSR count). The predicted molar refractivity (Wildman–Crippen MR) is 139 cm³/mol. The van der Waals surface area contributed by atoms with E-state index in [2.05, 4.69) is 20.4 Å². The lowest BCUT2D eigenvalue weighted by Crippen LogP contribution is -2.57. The van der Waals surface area contributed by atoms with E-state index < -0.39 is 34.8 Å². The Morgan fingerprint density at radius 2 is 1.60 bits per heavy atom. The zero-order valence-electron chi connectivity index (χ0n) is 21.8. The molecule has 216 valence electrons. The smallest absolute Gasteiger partial charge is 0.339 e. The van der Waals surface area contributed by atoms with Crippen LogP contribution in [0.3, 0.4) is 0 Å². The van der Waals surface area contributed by atoms with Crippen LogP contribution in [0.5, 0.6) is 0 Å². The molecule has 9 nitrogen and oxygen atoms in total. The van der Waals surface area contributed by atoms with E-state index in [0.29, 0.717) is 36.2 Å². The second-order valence-electron chi connectivity index (χ2n) is 10.0. The third-order valence-corrected chi connectivity index (χ3v) is 7.64. The Labute approximate surface area is 235 Å². The number of alkyl halides is 3. The first-order valence-corrected chi connectivity index (χ1v) is 12.9. The van der Waals surface area contributed by atoms with Gasteiger partial charge in [0, 0.05) is 42.8 Å². The van der Waals surface area contributed by atoms with Gasteiger partial charge >= 0.3 is 6.18 Å². The number of hydrogen-bond donors (Lipinski definition) is 1. The van der Waals surface area contributed by atoms with E-state index in [0.717, 1.165) is 6.07 Å². The minimum absolute atomic E-state index is 0.0311. The van der Waals surface area contributed by atoms with E-state index in [1.54, 1.807) is 12.1 Å². The minimum atomic E-state index is -4.88. The summed E-state index contributed by atoms with van der Waals surface area (Å²) in [6.45, 7) is 0.653. The van der Waals surface area contributed by atoms with Crippen LogP contribution in [0.15, 0.2) is 67.3 Å². The number of carbonyl (C=O) groups is 2. The largest absolute Gasteiger partial charge is 0.419 e. The van der Waals surface area contributed by atoms with Gasteiger partial charge in [-0.15, -0.1) is 0 Å². The highest BCUT2D eigenvalue weighted by molar-refractivity contribution is 5.96. The van der Waals surface area contributed by atoms with E-state index in [1.165, 1.54) is 46.5 Å². The molecule has 2 fully saturated rings. The van der Waals surface area contributed by atoms with E-state index in [1.807, 2.05) is 4.90 Å². The molecule has 0 aliphatic carbocycles. The molecule has 1 N–H and O–H groups in total. The quantitative estimate of drug-likeness (QED) is 0.362. The summed E-state index contributed by atoms with van der Waals surface area (Å²) < 4.78 is 68.5. The summed E-state index contributed by atoms with van der Waals surface area (Å²) in [5, 5.41) is 7.18. The van der Waals surface area contributed by atoms with Gasteiger partial charge in [-0.2, -0.15) is 18.3 Å². The molecule has 2 aromatic carbocycles. The van der Waals surface area contributed by atoms with Crippen molar-refractivity contribution in [1.82, 2.24) is 30.0 Å². The normalized spacial score (nSPS) is 16.6. The van der Waals surface area contributed by atoms with Crippen molar-refractivity contribution < 1.29 is 31.5 Å². The molecule has 4 heterocycles. The maximum atomic E-state index is 14.5. The number of aromatic nitrogens is 4. The Morgan fingerprint density at radius 1 is 0.929 bits per heavy atom. The van der Waals surface area contributed by atoms with Crippen molar-refractivity contribution >= 4 is 17.5 Å². The molecule has 0 bridgehead atoms.